The topological polar surface area (TPSA) is 18.5 Å². The zero-order chi connectivity index (χ0) is 18.9. The predicted octanol–water partition coefficient (Wildman–Crippen LogP) is 6.22. The lowest BCUT2D eigenvalue weighted by molar-refractivity contribution is 0.113. The van der Waals surface area contributed by atoms with Gasteiger partial charge in [-0.25, -0.2) is 0 Å². The van der Waals surface area contributed by atoms with Crippen LogP contribution in [0, 0.1) is 0 Å². The van der Waals surface area contributed by atoms with Gasteiger partial charge in [-0.1, -0.05) is 87.3 Å². The molecule has 7 heteroatoms. The highest BCUT2D eigenvalue weighted by Gasteiger charge is 2.17. The van der Waals surface area contributed by atoms with Gasteiger partial charge in [0.1, 0.15) is 0 Å². The summed E-state index contributed by atoms with van der Waals surface area (Å²) in [5, 5.41) is 0. The first-order valence-electron chi connectivity index (χ1n) is 10.2. The third kappa shape index (κ3) is 16.1. The molecule has 2 nitrogen and oxygen atoms in total. The second-order valence-corrected chi connectivity index (χ2v) is 18.1. The molecule has 0 heterocycles. The van der Waals surface area contributed by atoms with Gasteiger partial charge in [0.2, 0.25) is 0 Å². The number of hydrogen-bond donors (Lipinski definition) is 0. The van der Waals surface area contributed by atoms with Crippen LogP contribution >= 0.6 is 31.4 Å². The lowest BCUT2D eigenvalue weighted by Gasteiger charge is -2.21. The Morgan fingerprint density at radius 2 is 1.08 bits per heavy atom. The summed E-state index contributed by atoms with van der Waals surface area (Å²) >= 11 is 0. The molecule has 0 aliphatic carbocycles. The molecule has 0 spiro atoms. The second kappa shape index (κ2) is 18.8. The lowest BCUT2D eigenvalue weighted by atomic mass is 10.3. The molecule has 25 heavy (non-hydrogen) atoms. The van der Waals surface area contributed by atoms with Gasteiger partial charge in [0.15, 0.2) is 0 Å². The Hall–Kier alpha value is 1.40. The molecule has 152 valence electrons. The molecular formula is C18H42O2S3Si2. The summed E-state index contributed by atoms with van der Waals surface area (Å²) in [6.07, 6.45) is 7.57. The SMILES string of the molecule is CCCCCOC(CSSSCC(OCCCCC)[SiH](C)C)[SiH](C)C. The first-order valence-corrected chi connectivity index (χ1v) is 19.9. The highest BCUT2D eigenvalue weighted by molar-refractivity contribution is 9.09. The summed E-state index contributed by atoms with van der Waals surface area (Å²) in [5.74, 6) is 2.30. The quantitative estimate of drug-likeness (QED) is 0.142. The predicted molar refractivity (Wildman–Crippen MR) is 129 cm³/mol. The molecule has 0 rings (SSSR count). The molecule has 2 atom stereocenters. The largest absolute Gasteiger partial charge is 0.381 e. The molecule has 0 aliphatic heterocycles. The van der Waals surface area contributed by atoms with E-state index in [1.807, 2.05) is 31.4 Å². The molecule has 2 unspecified atom stereocenters. The van der Waals surface area contributed by atoms with E-state index in [0.29, 0.717) is 11.5 Å². The van der Waals surface area contributed by atoms with Crippen LogP contribution in [0.3, 0.4) is 0 Å². The first-order chi connectivity index (χ1) is 12.0. The minimum absolute atomic E-state index is 0.524. The lowest BCUT2D eigenvalue weighted by Crippen LogP contribution is -2.31. The fourth-order valence-electron chi connectivity index (χ4n) is 2.26. The maximum atomic E-state index is 6.15. The number of ether oxygens (including phenoxy) is 2. The van der Waals surface area contributed by atoms with Crippen molar-refractivity contribution < 1.29 is 9.47 Å². The summed E-state index contributed by atoms with van der Waals surface area (Å²) < 4.78 is 12.3. The van der Waals surface area contributed by atoms with E-state index in [2.05, 4.69) is 40.0 Å². The van der Waals surface area contributed by atoms with Gasteiger partial charge in [-0.15, -0.1) is 0 Å². The normalized spacial score (nSPS) is 14.4. The monoisotopic (exact) mass is 442 g/mol. The third-order valence-corrected chi connectivity index (χ3v) is 13.0. The average molecular weight is 443 g/mol. The summed E-state index contributed by atoms with van der Waals surface area (Å²) in [6, 6.07) is 0. The Morgan fingerprint density at radius 3 is 1.40 bits per heavy atom. The maximum Gasteiger partial charge on any atom is 0.0667 e. The van der Waals surface area contributed by atoms with Gasteiger partial charge in [0, 0.05) is 24.7 Å². The van der Waals surface area contributed by atoms with Gasteiger partial charge < -0.3 is 9.47 Å². The van der Waals surface area contributed by atoms with Crippen molar-refractivity contribution in [2.75, 3.05) is 24.7 Å². The Morgan fingerprint density at radius 1 is 0.680 bits per heavy atom. The first kappa shape index (κ1) is 26.4. The molecular weight excluding hydrogens is 401 g/mol. The molecule has 0 aromatic rings. The van der Waals surface area contributed by atoms with Crippen molar-refractivity contribution in [3.05, 3.63) is 0 Å². The number of unbranched alkanes of at least 4 members (excludes halogenated alkanes) is 4. The van der Waals surface area contributed by atoms with Crippen molar-refractivity contribution in [1.82, 2.24) is 0 Å². The Bertz CT molecular complexity index is 259. The molecule has 0 saturated heterocycles. The molecule has 0 N–H and O–H groups in total. The minimum Gasteiger partial charge on any atom is -0.381 e. The summed E-state index contributed by atoms with van der Waals surface area (Å²) in [4.78, 5) is 0. The molecule has 0 bridgehead atoms. The van der Waals surface area contributed by atoms with E-state index in [4.69, 9.17) is 9.47 Å². The van der Waals surface area contributed by atoms with Crippen LogP contribution in [0.2, 0.25) is 26.2 Å². The van der Waals surface area contributed by atoms with E-state index in [9.17, 15) is 0 Å². The molecule has 0 amide bonds. The van der Waals surface area contributed by atoms with E-state index in [1.54, 1.807) is 0 Å². The van der Waals surface area contributed by atoms with Crippen LogP contribution in [0.4, 0.5) is 0 Å². The fourth-order valence-corrected chi connectivity index (χ4v) is 11.4. The molecule has 0 aromatic heterocycles. The minimum atomic E-state index is -0.731. The number of rotatable bonds is 18. The second-order valence-electron chi connectivity index (χ2n) is 7.36. The van der Waals surface area contributed by atoms with Gasteiger partial charge in [0.25, 0.3) is 0 Å². The van der Waals surface area contributed by atoms with Crippen LogP contribution in [-0.4, -0.2) is 53.8 Å². The zero-order valence-electron chi connectivity index (χ0n) is 17.4. The summed E-state index contributed by atoms with van der Waals surface area (Å²) in [6.45, 7) is 16.0. The molecule has 0 radical (unpaired) electrons. The highest BCUT2D eigenvalue weighted by atomic mass is 33.5. The molecule has 0 aliphatic rings. The Balaban J connectivity index is 3.85. The van der Waals surface area contributed by atoms with Crippen molar-refractivity contribution in [2.45, 2.75) is 90.0 Å². The molecule has 0 saturated carbocycles. The third-order valence-electron chi connectivity index (χ3n) is 4.21. The zero-order valence-corrected chi connectivity index (χ0v) is 22.2. The number of hydrogen-bond acceptors (Lipinski definition) is 5. The van der Waals surface area contributed by atoms with Crippen molar-refractivity contribution in [2.24, 2.45) is 0 Å². The van der Waals surface area contributed by atoms with Crippen molar-refractivity contribution in [1.29, 1.82) is 0 Å². The Kier molecular flexibility index (Phi) is 19.8. The van der Waals surface area contributed by atoms with Crippen LogP contribution in [0.1, 0.15) is 52.4 Å². The smallest absolute Gasteiger partial charge is 0.0667 e. The van der Waals surface area contributed by atoms with Crippen LogP contribution in [0.25, 0.3) is 0 Å². The Labute approximate surface area is 172 Å². The highest BCUT2D eigenvalue weighted by Crippen LogP contribution is 2.36. The van der Waals surface area contributed by atoms with Crippen molar-refractivity contribution >= 4 is 49.0 Å². The van der Waals surface area contributed by atoms with Gasteiger partial charge in [-0.05, 0) is 22.7 Å². The van der Waals surface area contributed by atoms with Gasteiger partial charge in [0.05, 0.1) is 29.0 Å². The summed E-state index contributed by atoms with van der Waals surface area (Å²) in [5.41, 5.74) is 1.05. The standard InChI is InChI=1S/C18H42O2S3Si2/c1-7-9-11-13-19-17(24(3)4)15-21-23-22-16-18(25(5)6)20-14-12-10-8-2/h17-18,24-25H,7-16H2,1-6H3. The average Bonchev–Trinajstić information content (AvgIpc) is 2.57. The van der Waals surface area contributed by atoms with Gasteiger partial charge in [-0.3, -0.25) is 0 Å². The van der Waals surface area contributed by atoms with E-state index >= 15 is 0 Å². The van der Waals surface area contributed by atoms with E-state index in [1.165, 1.54) is 38.5 Å². The fraction of sp³-hybridized carbons (Fsp3) is 1.00. The maximum absolute atomic E-state index is 6.15. The van der Waals surface area contributed by atoms with Crippen LogP contribution in [0.5, 0.6) is 0 Å². The van der Waals surface area contributed by atoms with Crippen LogP contribution < -0.4 is 0 Å². The van der Waals surface area contributed by atoms with Crippen LogP contribution in [0.15, 0.2) is 0 Å². The van der Waals surface area contributed by atoms with Gasteiger partial charge >= 0.3 is 0 Å². The van der Waals surface area contributed by atoms with Crippen molar-refractivity contribution in [3.63, 3.8) is 0 Å². The van der Waals surface area contributed by atoms with E-state index in [-0.39, 0.29) is 0 Å². The van der Waals surface area contributed by atoms with Crippen LogP contribution in [-0.2, 0) is 9.47 Å². The van der Waals surface area contributed by atoms with Gasteiger partial charge in [-0.2, -0.15) is 0 Å². The summed E-state index contributed by atoms with van der Waals surface area (Å²) in [7, 11) is 4.47. The molecule has 0 fully saturated rings. The van der Waals surface area contributed by atoms with E-state index < -0.39 is 17.6 Å². The molecule has 0 aromatic carbocycles. The van der Waals surface area contributed by atoms with E-state index in [0.717, 1.165) is 24.7 Å². The van der Waals surface area contributed by atoms with Crippen molar-refractivity contribution in [3.8, 4) is 0 Å².